The molecule has 2 aliphatic rings. The number of amides is 2. The van der Waals surface area contributed by atoms with Gasteiger partial charge in [0.1, 0.15) is 16.1 Å². The average Bonchev–Trinajstić information content (AvgIpc) is 3.22. The Morgan fingerprint density at radius 2 is 2.08 bits per heavy atom. The SMILES string of the molecule is O=C(O)N1CCc2nc(-c3cnc(N4CC[C@@H](F)C4)nc3)sc2C1=O. The standard InChI is InChI=1S/C15H14FN5O3S/c16-9-1-3-20(7-9)14-17-5-8(6-18-14)12-19-10-2-4-21(15(23)24)13(22)11(10)25-12/h5-6,9H,1-4,7H2,(H,23,24)/t9-/m1/s1. The molecule has 0 radical (unpaired) electrons. The molecule has 0 aliphatic carbocycles. The van der Waals surface area contributed by atoms with Crippen LogP contribution in [0.2, 0.25) is 0 Å². The van der Waals surface area contributed by atoms with Crippen molar-refractivity contribution >= 4 is 29.3 Å². The van der Waals surface area contributed by atoms with Crippen LogP contribution in [0.3, 0.4) is 0 Å². The summed E-state index contributed by atoms with van der Waals surface area (Å²) in [5.74, 6) is -0.0700. The van der Waals surface area contributed by atoms with Crippen LogP contribution in [0.1, 0.15) is 21.8 Å². The lowest BCUT2D eigenvalue weighted by Gasteiger charge is -2.20. The molecule has 1 fully saturated rings. The second-order valence-electron chi connectivity index (χ2n) is 5.89. The zero-order chi connectivity index (χ0) is 17.6. The first kappa shape index (κ1) is 15.9. The molecule has 2 aliphatic heterocycles. The van der Waals surface area contributed by atoms with Crippen molar-refractivity contribution in [3.8, 4) is 10.6 Å². The predicted molar refractivity (Wildman–Crippen MR) is 87.6 cm³/mol. The second-order valence-corrected chi connectivity index (χ2v) is 6.89. The molecule has 1 saturated heterocycles. The molecule has 4 heterocycles. The van der Waals surface area contributed by atoms with E-state index in [1.807, 2.05) is 0 Å². The van der Waals surface area contributed by atoms with E-state index in [0.29, 0.717) is 53.0 Å². The van der Waals surface area contributed by atoms with E-state index in [9.17, 15) is 14.0 Å². The zero-order valence-electron chi connectivity index (χ0n) is 13.1. The van der Waals surface area contributed by atoms with Gasteiger partial charge < -0.3 is 10.0 Å². The molecule has 8 nitrogen and oxygen atoms in total. The molecule has 0 aromatic carbocycles. The van der Waals surface area contributed by atoms with E-state index in [-0.39, 0.29) is 6.54 Å². The molecule has 1 N–H and O–H groups in total. The fourth-order valence-corrected chi connectivity index (χ4v) is 3.97. The fourth-order valence-electron chi connectivity index (χ4n) is 2.93. The number of anilines is 1. The number of halogens is 1. The third-order valence-electron chi connectivity index (χ3n) is 4.24. The summed E-state index contributed by atoms with van der Waals surface area (Å²) in [5, 5.41) is 9.62. The zero-order valence-corrected chi connectivity index (χ0v) is 13.9. The van der Waals surface area contributed by atoms with Crippen LogP contribution < -0.4 is 4.90 Å². The van der Waals surface area contributed by atoms with E-state index >= 15 is 0 Å². The monoisotopic (exact) mass is 363 g/mol. The van der Waals surface area contributed by atoms with Gasteiger partial charge in [-0.05, 0) is 6.42 Å². The van der Waals surface area contributed by atoms with Crippen molar-refractivity contribution in [2.75, 3.05) is 24.5 Å². The number of alkyl halides is 1. The summed E-state index contributed by atoms with van der Waals surface area (Å²) < 4.78 is 13.3. The highest BCUT2D eigenvalue weighted by Gasteiger charge is 2.32. The number of nitrogens with zero attached hydrogens (tertiary/aromatic N) is 5. The lowest BCUT2D eigenvalue weighted by molar-refractivity contribution is 0.0731. The maximum atomic E-state index is 13.3. The minimum Gasteiger partial charge on any atom is -0.465 e. The number of imide groups is 1. The summed E-state index contributed by atoms with van der Waals surface area (Å²) >= 11 is 1.14. The normalized spacial score (nSPS) is 20.0. The number of hydrogen-bond acceptors (Lipinski definition) is 7. The first-order valence-electron chi connectivity index (χ1n) is 7.79. The minimum absolute atomic E-state index is 0.110. The smallest absolute Gasteiger partial charge is 0.414 e. The van der Waals surface area contributed by atoms with Crippen LogP contribution in [-0.2, 0) is 6.42 Å². The number of carboxylic acid groups (broad SMARTS) is 1. The fraction of sp³-hybridized carbons (Fsp3) is 0.400. The average molecular weight is 363 g/mol. The van der Waals surface area contributed by atoms with Gasteiger partial charge in [-0.1, -0.05) is 0 Å². The summed E-state index contributed by atoms with van der Waals surface area (Å²) in [6, 6.07) is 0. The summed E-state index contributed by atoms with van der Waals surface area (Å²) in [6.07, 6.45) is 1.96. The van der Waals surface area contributed by atoms with Gasteiger partial charge in [0.25, 0.3) is 5.91 Å². The molecular weight excluding hydrogens is 349 g/mol. The molecule has 0 saturated carbocycles. The van der Waals surface area contributed by atoms with Gasteiger partial charge in [0.2, 0.25) is 5.95 Å². The Balaban J connectivity index is 1.58. The van der Waals surface area contributed by atoms with Gasteiger partial charge in [0.15, 0.2) is 0 Å². The number of aromatic nitrogens is 3. The number of rotatable bonds is 2. The maximum Gasteiger partial charge on any atom is 0.414 e. The van der Waals surface area contributed by atoms with E-state index in [1.54, 1.807) is 17.3 Å². The number of carbonyl (C=O) groups is 2. The highest BCUT2D eigenvalue weighted by atomic mass is 32.1. The van der Waals surface area contributed by atoms with Crippen molar-refractivity contribution in [1.82, 2.24) is 19.9 Å². The van der Waals surface area contributed by atoms with Crippen molar-refractivity contribution < 1.29 is 19.1 Å². The maximum absolute atomic E-state index is 13.3. The molecule has 2 aromatic rings. The van der Waals surface area contributed by atoms with Gasteiger partial charge in [-0.25, -0.2) is 29.0 Å². The van der Waals surface area contributed by atoms with Gasteiger partial charge in [-0.3, -0.25) is 4.79 Å². The van der Waals surface area contributed by atoms with Crippen LogP contribution in [0.5, 0.6) is 0 Å². The first-order chi connectivity index (χ1) is 12.0. The van der Waals surface area contributed by atoms with E-state index in [0.717, 1.165) is 16.2 Å². The molecule has 0 unspecified atom stereocenters. The Morgan fingerprint density at radius 1 is 1.32 bits per heavy atom. The number of carbonyl (C=O) groups excluding carboxylic acids is 1. The number of fused-ring (bicyclic) bond motifs is 1. The summed E-state index contributed by atoms with van der Waals surface area (Å²) in [6.45, 7) is 0.995. The van der Waals surface area contributed by atoms with Crippen molar-refractivity contribution in [3.05, 3.63) is 23.0 Å². The molecule has 2 amide bonds. The molecule has 10 heteroatoms. The van der Waals surface area contributed by atoms with Crippen LogP contribution in [-0.4, -0.2) is 62.8 Å². The number of hydrogen-bond donors (Lipinski definition) is 1. The Morgan fingerprint density at radius 3 is 2.72 bits per heavy atom. The Bertz CT molecular complexity index is 840. The van der Waals surface area contributed by atoms with Gasteiger partial charge in [0.05, 0.1) is 12.2 Å². The van der Waals surface area contributed by atoms with E-state index in [1.165, 1.54) is 0 Å². The van der Waals surface area contributed by atoms with Gasteiger partial charge >= 0.3 is 6.09 Å². The van der Waals surface area contributed by atoms with Crippen LogP contribution in [0.25, 0.3) is 10.6 Å². The lowest BCUT2D eigenvalue weighted by atomic mass is 10.2. The summed E-state index contributed by atoms with van der Waals surface area (Å²) in [4.78, 5) is 39.2. The quantitative estimate of drug-likeness (QED) is 0.869. The molecule has 1 atom stereocenters. The Kier molecular flexibility index (Phi) is 3.83. The predicted octanol–water partition coefficient (Wildman–Crippen LogP) is 1.82. The van der Waals surface area contributed by atoms with Crippen molar-refractivity contribution in [2.24, 2.45) is 0 Å². The molecule has 130 valence electrons. The summed E-state index contributed by atoms with van der Waals surface area (Å²) in [7, 11) is 0. The van der Waals surface area contributed by atoms with E-state index in [2.05, 4.69) is 15.0 Å². The van der Waals surface area contributed by atoms with Crippen LogP contribution >= 0.6 is 11.3 Å². The molecule has 25 heavy (non-hydrogen) atoms. The lowest BCUT2D eigenvalue weighted by Crippen LogP contribution is -2.40. The van der Waals surface area contributed by atoms with E-state index in [4.69, 9.17) is 5.11 Å². The highest BCUT2D eigenvalue weighted by Crippen LogP contribution is 2.31. The summed E-state index contributed by atoms with van der Waals surface area (Å²) in [5.41, 5.74) is 1.25. The van der Waals surface area contributed by atoms with Gasteiger partial charge in [-0.2, -0.15) is 0 Å². The molecule has 2 aromatic heterocycles. The first-order valence-corrected chi connectivity index (χ1v) is 8.60. The van der Waals surface area contributed by atoms with Crippen LogP contribution in [0.4, 0.5) is 15.1 Å². The van der Waals surface area contributed by atoms with Crippen molar-refractivity contribution in [1.29, 1.82) is 0 Å². The van der Waals surface area contributed by atoms with E-state index < -0.39 is 18.2 Å². The van der Waals surface area contributed by atoms with Gasteiger partial charge in [-0.15, -0.1) is 11.3 Å². The number of thiazole rings is 1. The molecule has 0 bridgehead atoms. The molecule has 4 rings (SSSR count). The Labute approximate surface area is 145 Å². The topological polar surface area (TPSA) is 99.5 Å². The minimum atomic E-state index is -1.25. The third kappa shape index (κ3) is 2.82. The van der Waals surface area contributed by atoms with Gasteiger partial charge in [0, 0.05) is 37.5 Å². The van der Waals surface area contributed by atoms with Crippen molar-refractivity contribution in [2.45, 2.75) is 19.0 Å². The molecular formula is C15H14FN5O3S. The third-order valence-corrected chi connectivity index (χ3v) is 5.37. The second kappa shape index (κ2) is 6.03. The van der Waals surface area contributed by atoms with Crippen LogP contribution in [0.15, 0.2) is 12.4 Å². The van der Waals surface area contributed by atoms with Crippen molar-refractivity contribution in [3.63, 3.8) is 0 Å². The molecule has 0 spiro atoms. The highest BCUT2D eigenvalue weighted by molar-refractivity contribution is 7.17. The van der Waals surface area contributed by atoms with Crippen LogP contribution in [0, 0.1) is 0 Å². The largest absolute Gasteiger partial charge is 0.465 e. The Hall–Kier alpha value is -2.62.